The lowest BCUT2D eigenvalue weighted by molar-refractivity contribution is -0.136. The first-order valence-electron chi connectivity index (χ1n) is 7.28. The Morgan fingerprint density at radius 3 is 2.50 bits per heavy atom. The standard InChI is InChI=1S/C19H14BrNO3/c1-2-11-23-16-9-3-13(4-10-16)12-17-18(21-24-19(17)22)14-5-7-15(20)8-6-14/h2-10,12H,1,11H2/b17-12+. The molecule has 0 saturated carbocycles. The molecule has 1 aliphatic heterocycles. The first kappa shape index (κ1) is 16.2. The fraction of sp³-hybridized carbons (Fsp3) is 0.0526. The van der Waals surface area contributed by atoms with Gasteiger partial charge in [0.25, 0.3) is 0 Å². The molecule has 0 aromatic heterocycles. The Kier molecular flexibility index (Phi) is 4.91. The normalized spacial score (nSPS) is 15.1. The maximum absolute atomic E-state index is 12.0. The van der Waals surface area contributed by atoms with E-state index in [1.54, 1.807) is 12.2 Å². The highest BCUT2D eigenvalue weighted by molar-refractivity contribution is 9.10. The average molecular weight is 384 g/mol. The van der Waals surface area contributed by atoms with E-state index in [0.717, 1.165) is 21.3 Å². The Morgan fingerprint density at radius 2 is 1.83 bits per heavy atom. The Hall–Kier alpha value is -2.66. The monoisotopic (exact) mass is 383 g/mol. The van der Waals surface area contributed by atoms with E-state index in [0.29, 0.717) is 17.9 Å². The van der Waals surface area contributed by atoms with Gasteiger partial charge in [-0.3, -0.25) is 0 Å². The van der Waals surface area contributed by atoms with Gasteiger partial charge < -0.3 is 9.57 Å². The fourth-order valence-corrected chi connectivity index (χ4v) is 2.47. The van der Waals surface area contributed by atoms with Crippen molar-refractivity contribution in [3.8, 4) is 5.75 Å². The number of ether oxygens (including phenoxy) is 1. The molecule has 0 saturated heterocycles. The van der Waals surface area contributed by atoms with Crippen molar-refractivity contribution in [1.82, 2.24) is 0 Å². The number of oxime groups is 1. The summed E-state index contributed by atoms with van der Waals surface area (Å²) in [6.07, 6.45) is 3.44. The highest BCUT2D eigenvalue weighted by Crippen LogP contribution is 2.23. The fourth-order valence-electron chi connectivity index (χ4n) is 2.21. The Labute approximate surface area is 148 Å². The third-order valence-electron chi connectivity index (χ3n) is 3.37. The summed E-state index contributed by atoms with van der Waals surface area (Å²) in [6, 6.07) is 15.0. The highest BCUT2D eigenvalue weighted by atomic mass is 79.9. The van der Waals surface area contributed by atoms with E-state index in [-0.39, 0.29) is 0 Å². The van der Waals surface area contributed by atoms with Gasteiger partial charge in [0, 0.05) is 10.0 Å². The third-order valence-corrected chi connectivity index (χ3v) is 3.90. The number of hydrogen-bond acceptors (Lipinski definition) is 4. The second-order valence-electron chi connectivity index (χ2n) is 5.05. The Morgan fingerprint density at radius 1 is 1.12 bits per heavy atom. The van der Waals surface area contributed by atoms with Crippen LogP contribution in [0.25, 0.3) is 6.08 Å². The molecule has 0 N–H and O–H groups in total. The minimum atomic E-state index is -0.458. The summed E-state index contributed by atoms with van der Waals surface area (Å²) in [6.45, 7) is 4.06. The number of nitrogens with zero attached hydrogens (tertiary/aromatic N) is 1. The maximum Gasteiger partial charge on any atom is 0.368 e. The smallest absolute Gasteiger partial charge is 0.368 e. The van der Waals surface area contributed by atoms with Gasteiger partial charge >= 0.3 is 5.97 Å². The van der Waals surface area contributed by atoms with Crippen molar-refractivity contribution in [2.24, 2.45) is 5.16 Å². The molecule has 0 spiro atoms. The quantitative estimate of drug-likeness (QED) is 0.437. The lowest BCUT2D eigenvalue weighted by Gasteiger charge is -2.04. The van der Waals surface area contributed by atoms with E-state index < -0.39 is 5.97 Å². The van der Waals surface area contributed by atoms with Gasteiger partial charge in [-0.1, -0.05) is 58.0 Å². The molecular formula is C19H14BrNO3. The van der Waals surface area contributed by atoms with Crippen molar-refractivity contribution in [2.75, 3.05) is 6.61 Å². The number of rotatable bonds is 5. The van der Waals surface area contributed by atoms with Crippen LogP contribution in [0.4, 0.5) is 0 Å². The van der Waals surface area contributed by atoms with Gasteiger partial charge in [0.2, 0.25) is 0 Å². The number of carbonyl (C=O) groups excluding carboxylic acids is 1. The van der Waals surface area contributed by atoms with Crippen LogP contribution in [-0.2, 0) is 9.63 Å². The van der Waals surface area contributed by atoms with Crippen LogP contribution < -0.4 is 4.74 Å². The molecule has 5 heteroatoms. The van der Waals surface area contributed by atoms with Crippen molar-refractivity contribution in [1.29, 1.82) is 0 Å². The minimum absolute atomic E-state index is 0.428. The second kappa shape index (κ2) is 7.27. The van der Waals surface area contributed by atoms with Gasteiger partial charge in [-0.05, 0) is 35.9 Å². The average Bonchev–Trinajstić information content (AvgIpc) is 2.96. The van der Waals surface area contributed by atoms with Gasteiger partial charge in [-0.25, -0.2) is 4.79 Å². The van der Waals surface area contributed by atoms with Crippen LogP contribution in [-0.4, -0.2) is 18.3 Å². The molecule has 0 unspecified atom stereocenters. The topological polar surface area (TPSA) is 47.9 Å². The number of halogens is 1. The van der Waals surface area contributed by atoms with Crippen molar-refractivity contribution in [2.45, 2.75) is 0 Å². The first-order chi connectivity index (χ1) is 11.7. The van der Waals surface area contributed by atoms with E-state index in [2.05, 4.69) is 27.7 Å². The molecule has 0 aliphatic carbocycles. The van der Waals surface area contributed by atoms with Crippen LogP contribution in [0.2, 0.25) is 0 Å². The van der Waals surface area contributed by atoms with E-state index in [4.69, 9.17) is 9.57 Å². The van der Waals surface area contributed by atoms with Gasteiger partial charge in [-0.2, -0.15) is 0 Å². The van der Waals surface area contributed by atoms with Gasteiger partial charge in [0.15, 0.2) is 0 Å². The number of hydrogen-bond donors (Lipinski definition) is 0. The van der Waals surface area contributed by atoms with Crippen LogP contribution in [0, 0.1) is 0 Å². The molecular weight excluding hydrogens is 370 g/mol. The molecule has 0 radical (unpaired) electrons. The summed E-state index contributed by atoms with van der Waals surface area (Å²) in [4.78, 5) is 16.8. The van der Waals surface area contributed by atoms with Crippen molar-refractivity contribution in [3.05, 3.63) is 82.4 Å². The lowest BCUT2D eigenvalue weighted by Crippen LogP contribution is -2.06. The van der Waals surface area contributed by atoms with E-state index >= 15 is 0 Å². The molecule has 4 nitrogen and oxygen atoms in total. The first-order valence-corrected chi connectivity index (χ1v) is 8.08. The highest BCUT2D eigenvalue weighted by Gasteiger charge is 2.26. The molecule has 0 fully saturated rings. The molecule has 0 amide bonds. The summed E-state index contributed by atoms with van der Waals surface area (Å²) in [7, 11) is 0. The Balaban J connectivity index is 1.86. The molecule has 24 heavy (non-hydrogen) atoms. The SMILES string of the molecule is C=CCOc1ccc(/C=C2/C(=O)ON=C2c2ccc(Br)cc2)cc1. The van der Waals surface area contributed by atoms with Crippen molar-refractivity contribution >= 4 is 33.7 Å². The van der Waals surface area contributed by atoms with Crippen LogP contribution in [0.3, 0.4) is 0 Å². The van der Waals surface area contributed by atoms with E-state index in [1.165, 1.54) is 0 Å². The number of benzene rings is 2. The Bertz CT molecular complexity index is 821. The zero-order valence-electron chi connectivity index (χ0n) is 12.7. The molecule has 0 atom stereocenters. The summed E-state index contributed by atoms with van der Waals surface area (Å²) < 4.78 is 6.40. The largest absolute Gasteiger partial charge is 0.490 e. The summed E-state index contributed by atoms with van der Waals surface area (Å²) >= 11 is 3.39. The van der Waals surface area contributed by atoms with E-state index in [1.807, 2.05) is 48.5 Å². The van der Waals surface area contributed by atoms with Crippen LogP contribution in [0.1, 0.15) is 11.1 Å². The van der Waals surface area contributed by atoms with Crippen LogP contribution in [0.15, 0.2) is 76.4 Å². The molecule has 120 valence electrons. The van der Waals surface area contributed by atoms with Gasteiger partial charge in [-0.15, -0.1) is 0 Å². The molecule has 1 aliphatic rings. The second-order valence-corrected chi connectivity index (χ2v) is 5.97. The van der Waals surface area contributed by atoms with Crippen molar-refractivity contribution < 1.29 is 14.4 Å². The van der Waals surface area contributed by atoms with Crippen LogP contribution >= 0.6 is 15.9 Å². The third kappa shape index (κ3) is 3.63. The van der Waals surface area contributed by atoms with Gasteiger partial charge in [0.1, 0.15) is 18.1 Å². The molecule has 0 bridgehead atoms. The molecule has 2 aromatic rings. The minimum Gasteiger partial charge on any atom is -0.490 e. The summed E-state index contributed by atoms with van der Waals surface area (Å²) in [5.74, 6) is 0.285. The summed E-state index contributed by atoms with van der Waals surface area (Å²) in [5.41, 5.74) is 2.64. The zero-order chi connectivity index (χ0) is 16.9. The van der Waals surface area contributed by atoms with E-state index in [9.17, 15) is 4.79 Å². The predicted molar refractivity (Wildman–Crippen MR) is 96.9 cm³/mol. The predicted octanol–water partition coefficient (Wildman–Crippen LogP) is 4.36. The maximum atomic E-state index is 12.0. The lowest BCUT2D eigenvalue weighted by atomic mass is 10.0. The number of carbonyl (C=O) groups is 1. The zero-order valence-corrected chi connectivity index (χ0v) is 14.3. The molecule has 1 heterocycles. The molecule has 2 aromatic carbocycles. The van der Waals surface area contributed by atoms with Crippen LogP contribution in [0.5, 0.6) is 5.75 Å². The van der Waals surface area contributed by atoms with Crippen molar-refractivity contribution in [3.63, 3.8) is 0 Å². The molecule has 3 rings (SSSR count). The summed E-state index contributed by atoms with van der Waals surface area (Å²) in [5, 5.41) is 3.90. The van der Waals surface area contributed by atoms with Gasteiger partial charge in [0.05, 0.1) is 5.57 Å².